The second-order valence-electron chi connectivity index (χ2n) is 11.4. The summed E-state index contributed by atoms with van der Waals surface area (Å²) in [7, 11) is 0. The number of carbonyl (C=O) groups excluding carboxylic acids is 1. The molecule has 0 aromatic carbocycles. The Hall–Kier alpha value is -0.730. The van der Waals surface area contributed by atoms with Gasteiger partial charge in [-0.2, -0.15) is 0 Å². The minimum atomic E-state index is -0.754. The molecule has 3 heterocycles. The summed E-state index contributed by atoms with van der Waals surface area (Å²) in [6.45, 7) is 9.86. The molecule has 0 saturated carbocycles. The third-order valence-corrected chi connectivity index (χ3v) is 7.14. The van der Waals surface area contributed by atoms with Crippen molar-refractivity contribution in [1.82, 2.24) is 0 Å². The Kier molecular flexibility index (Phi) is 11.3. The lowest BCUT2D eigenvalue weighted by molar-refractivity contribution is -0.242. The molecule has 3 aliphatic heterocycles. The number of ether oxygens (including phenoxy) is 6. The highest BCUT2D eigenvalue weighted by Crippen LogP contribution is 2.44. The summed E-state index contributed by atoms with van der Waals surface area (Å²) in [5.41, 5.74) is 0. The fourth-order valence-corrected chi connectivity index (χ4v) is 5.36. The van der Waals surface area contributed by atoms with Crippen LogP contribution in [0, 0.1) is 0 Å². The maximum absolute atomic E-state index is 12.3. The van der Waals surface area contributed by atoms with Crippen LogP contribution in [0.3, 0.4) is 0 Å². The summed E-state index contributed by atoms with van der Waals surface area (Å²) in [5, 5.41) is 0. The lowest BCUT2D eigenvalue weighted by Gasteiger charge is -2.36. The largest absolute Gasteiger partial charge is 0.463 e. The molecule has 3 rings (SSSR count). The lowest BCUT2D eigenvalue weighted by Crippen LogP contribution is -2.56. The number of esters is 1. The first-order valence-electron chi connectivity index (χ1n) is 14.2. The summed E-state index contributed by atoms with van der Waals surface area (Å²) in [6.07, 6.45) is 15.1. The van der Waals surface area contributed by atoms with Gasteiger partial charge in [-0.3, -0.25) is 4.79 Å². The first-order valence-corrected chi connectivity index (χ1v) is 14.2. The zero-order valence-electron chi connectivity index (χ0n) is 22.9. The smallest absolute Gasteiger partial charge is 0.305 e. The van der Waals surface area contributed by atoms with Gasteiger partial charge in [-0.25, -0.2) is 0 Å². The van der Waals surface area contributed by atoms with Crippen molar-refractivity contribution in [3.63, 3.8) is 0 Å². The molecule has 204 valence electrons. The van der Waals surface area contributed by atoms with E-state index in [-0.39, 0.29) is 30.9 Å². The number of carbonyl (C=O) groups is 1. The van der Waals surface area contributed by atoms with E-state index in [1.807, 2.05) is 27.7 Å². The molecule has 35 heavy (non-hydrogen) atoms. The summed E-state index contributed by atoms with van der Waals surface area (Å²) in [4.78, 5) is 12.3. The maximum atomic E-state index is 12.3. The minimum Gasteiger partial charge on any atom is -0.463 e. The third-order valence-electron chi connectivity index (χ3n) is 7.14. The molecule has 0 aliphatic carbocycles. The summed E-state index contributed by atoms with van der Waals surface area (Å²) < 4.78 is 35.8. The van der Waals surface area contributed by atoms with Crippen molar-refractivity contribution in [3.8, 4) is 0 Å². The van der Waals surface area contributed by atoms with Crippen LogP contribution in [0.15, 0.2) is 0 Å². The SMILES string of the molecule is CCCCCCCCCCCCCCCC(=O)OCC1OC2OC(C)(C)OC2C2OC(C)(C)OC12. The fraction of sp³-hybridized carbons (Fsp3) is 0.964. The van der Waals surface area contributed by atoms with E-state index in [9.17, 15) is 4.79 Å². The van der Waals surface area contributed by atoms with E-state index < -0.39 is 24.0 Å². The van der Waals surface area contributed by atoms with Crippen molar-refractivity contribution in [2.45, 2.75) is 167 Å². The molecule has 3 fully saturated rings. The van der Waals surface area contributed by atoms with Crippen molar-refractivity contribution >= 4 is 5.97 Å². The van der Waals surface area contributed by atoms with Gasteiger partial charge in [0.05, 0.1) is 0 Å². The molecule has 0 bridgehead atoms. The van der Waals surface area contributed by atoms with Crippen molar-refractivity contribution < 1.29 is 33.2 Å². The van der Waals surface area contributed by atoms with E-state index in [0.717, 1.165) is 12.8 Å². The second kappa shape index (κ2) is 13.7. The molecular formula is C28H50O7. The molecule has 5 unspecified atom stereocenters. The predicted octanol–water partition coefficient (Wildman–Crippen LogP) is 6.41. The maximum Gasteiger partial charge on any atom is 0.305 e. The van der Waals surface area contributed by atoms with Crippen LogP contribution in [0.2, 0.25) is 0 Å². The Balaban J connectivity index is 1.25. The highest BCUT2D eigenvalue weighted by Gasteiger charge is 2.60. The number of hydrogen-bond donors (Lipinski definition) is 0. The molecule has 0 aromatic rings. The summed E-state index contributed by atoms with van der Waals surface area (Å²) >= 11 is 0. The van der Waals surface area contributed by atoms with E-state index in [0.29, 0.717) is 6.42 Å². The van der Waals surface area contributed by atoms with Gasteiger partial charge in [0.15, 0.2) is 17.9 Å². The normalized spacial score (nSPS) is 30.7. The summed E-state index contributed by atoms with van der Waals surface area (Å²) in [5.74, 6) is -1.69. The van der Waals surface area contributed by atoms with E-state index in [4.69, 9.17) is 28.4 Å². The topological polar surface area (TPSA) is 72.5 Å². The molecule has 0 spiro atoms. The van der Waals surface area contributed by atoms with Gasteiger partial charge >= 0.3 is 5.97 Å². The van der Waals surface area contributed by atoms with E-state index in [1.54, 1.807) is 0 Å². The van der Waals surface area contributed by atoms with Crippen LogP contribution in [0.4, 0.5) is 0 Å². The Morgan fingerprint density at radius 3 is 1.74 bits per heavy atom. The van der Waals surface area contributed by atoms with Crippen LogP contribution in [-0.2, 0) is 33.2 Å². The zero-order valence-corrected chi connectivity index (χ0v) is 22.9. The Labute approximate surface area is 212 Å². The number of hydrogen-bond acceptors (Lipinski definition) is 7. The van der Waals surface area contributed by atoms with Crippen molar-refractivity contribution in [3.05, 3.63) is 0 Å². The Morgan fingerprint density at radius 1 is 0.657 bits per heavy atom. The number of fused-ring (bicyclic) bond motifs is 3. The average Bonchev–Trinajstić information content (AvgIpc) is 3.29. The van der Waals surface area contributed by atoms with Gasteiger partial charge in [-0.05, 0) is 34.1 Å². The fourth-order valence-electron chi connectivity index (χ4n) is 5.36. The van der Waals surface area contributed by atoms with Crippen LogP contribution < -0.4 is 0 Å². The molecule has 0 N–H and O–H groups in total. The van der Waals surface area contributed by atoms with Crippen LogP contribution in [0.25, 0.3) is 0 Å². The molecule has 3 saturated heterocycles. The molecular weight excluding hydrogens is 448 g/mol. The van der Waals surface area contributed by atoms with E-state index in [2.05, 4.69) is 6.92 Å². The predicted molar refractivity (Wildman–Crippen MR) is 134 cm³/mol. The van der Waals surface area contributed by atoms with Gasteiger partial charge in [-0.1, -0.05) is 84.0 Å². The first-order chi connectivity index (χ1) is 16.7. The Morgan fingerprint density at radius 2 is 1.14 bits per heavy atom. The van der Waals surface area contributed by atoms with Crippen LogP contribution in [0.1, 0.15) is 125 Å². The van der Waals surface area contributed by atoms with Crippen LogP contribution >= 0.6 is 0 Å². The monoisotopic (exact) mass is 498 g/mol. The quantitative estimate of drug-likeness (QED) is 0.180. The third kappa shape index (κ3) is 9.26. The molecule has 0 aromatic heterocycles. The molecule has 0 amide bonds. The van der Waals surface area contributed by atoms with E-state index in [1.165, 1.54) is 70.6 Å². The van der Waals surface area contributed by atoms with Gasteiger partial charge in [0.25, 0.3) is 0 Å². The minimum absolute atomic E-state index is 0.130. The molecule has 7 heteroatoms. The van der Waals surface area contributed by atoms with Gasteiger partial charge < -0.3 is 28.4 Å². The van der Waals surface area contributed by atoms with E-state index >= 15 is 0 Å². The highest BCUT2D eigenvalue weighted by atomic mass is 16.9. The highest BCUT2D eigenvalue weighted by molar-refractivity contribution is 5.69. The van der Waals surface area contributed by atoms with Crippen LogP contribution in [0.5, 0.6) is 0 Å². The number of rotatable bonds is 16. The molecule has 7 nitrogen and oxygen atoms in total. The standard InChI is InChI=1S/C28H50O7/c1-6-7-8-9-10-11-12-13-14-15-16-17-18-19-22(29)30-20-21-23-24(33-27(2,3)32-23)25-26(31-21)35-28(4,5)34-25/h21,23-26H,6-20H2,1-5H3. The van der Waals surface area contributed by atoms with Gasteiger partial charge in [0, 0.05) is 6.42 Å². The molecule has 5 atom stereocenters. The van der Waals surface area contributed by atoms with Crippen LogP contribution in [-0.4, -0.2) is 54.9 Å². The summed E-state index contributed by atoms with van der Waals surface area (Å²) in [6, 6.07) is 0. The lowest BCUT2D eigenvalue weighted by atomic mass is 9.99. The van der Waals surface area contributed by atoms with Gasteiger partial charge in [0.2, 0.25) is 0 Å². The van der Waals surface area contributed by atoms with Crippen molar-refractivity contribution in [2.75, 3.05) is 6.61 Å². The van der Waals surface area contributed by atoms with Crippen molar-refractivity contribution in [1.29, 1.82) is 0 Å². The molecule has 3 aliphatic rings. The first kappa shape index (κ1) is 28.8. The van der Waals surface area contributed by atoms with Crippen molar-refractivity contribution in [2.24, 2.45) is 0 Å². The Bertz CT molecular complexity index is 635. The van der Waals surface area contributed by atoms with Gasteiger partial charge in [-0.15, -0.1) is 0 Å². The molecule has 0 radical (unpaired) electrons. The second-order valence-corrected chi connectivity index (χ2v) is 11.4. The number of unbranched alkanes of at least 4 members (excludes halogenated alkanes) is 12. The zero-order chi connectivity index (χ0) is 25.3. The van der Waals surface area contributed by atoms with Gasteiger partial charge in [0.1, 0.15) is 31.0 Å². The average molecular weight is 499 g/mol.